The maximum atomic E-state index is 12.8. The molecule has 2 aromatic heterocycles. The molecule has 3 aromatic carbocycles. The first-order chi connectivity index (χ1) is 43.3. The highest BCUT2D eigenvalue weighted by molar-refractivity contribution is 7.82. The molecule has 92 heavy (non-hydrogen) atoms. The van der Waals surface area contributed by atoms with Crippen LogP contribution in [0, 0.1) is 0 Å². The monoisotopic (exact) mass is 1330 g/mol. The largest absolute Gasteiger partial charge is 0.512 e. The summed E-state index contributed by atoms with van der Waals surface area (Å²) in [5, 5.41) is 31.9. The number of alkyl halides is 6. The van der Waals surface area contributed by atoms with Gasteiger partial charge in [0.15, 0.2) is 0 Å². The van der Waals surface area contributed by atoms with Crippen LogP contribution in [0.4, 0.5) is 43.4 Å². The molecular formula is C66H79F6N5O13S2. The lowest BCUT2D eigenvalue weighted by atomic mass is 9.83. The average Bonchev–Trinajstić information content (AvgIpc) is 0.806. The Labute approximate surface area is 536 Å². The van der Waals surface area contributed by atoms with Crippen molar-refractivity contribution in [1.29, 1.82) is 0 Å². The van der Waals surface area contributed by atoms with Crippen LogP contribution >= 0.6 is 0 Å². The second-order valence-electron chi connectivity index (χ2n) is 23.3. The van der Waals surface area contributed by atoms with Gasteiger partial charge in [-0.1, -0.05) is 97.2 Å². The van der Waals surface area contributed by atoms with Crippen LogP contribution in [-0.2, 0) is 63.5 Å². The van der Waals surface area contributed by atoms with E-state index in [1.54, 1.807) is 62.4 Å². The second kappa shape index (κ2) is 31.5. The van der Waals surface area contributed by atoms with Gasteiger partial charge in [-0.05, 0) is 125 Å². The van der Waals surface area contributed by atoms with Gasteiger partial charge in [-0.25, -0.2) is 24.4 Å². The number of aliphatic hydroxyl groups excluding tert-OH is 3. The summed E-state index contributed by atoms with van der Waals surface area (Å²) in [6, 6.07) is 24.4. The fraction of sp³-hybridized carbons (Fsp3) is 0.439. The third-order valence-corrected chi connectivity index (χ3v) is 17.0. The van der Waals surface area contributed by atoms with Crippen LogP contribution in [0.3, 0.4) is 0 Å². The predicted octanol–water partition coefficient (Wildman–Crippen LogP) is 16.0. The number of benzene rings is 3. The van der Waals surface area contributed by atoms with E-state index >= 15 is 0 Å². The summed E-state index contributed by atoms with van der Waals surface area (Å²) in [5.74, 6) is -2.97. The molecule has 0 amide bonds. The highest BCUT2D eigenvalue weighted by Crippen LogP contribution is 2.44. The third kappa shape index (κ3) is 19.5. The van der Waals surface area contributed by atoms with Crippen molar-refractivity contribution < 1.29 is 87.0 Å². The molecule has 0 bridgehead atoms. The molecule has 3 aliphatic heterocycles. The van der Waals surface area contributed by atoms with Gasteiger partial charge in [-0.2, -0.15) is 34.8 Å². The quantitative estimate of drug-likeness (QED) is 0.0154. The standard InChI is InChI=1S/2C24H27F3N2O5S.C18H25NO3/c2*1-4-11-23(3)13-19(30)21(22(31)33-23)18(5-2)15-7-6-8-17(12-15)29-35(32)34-20-10-9-16(14-28-20)24(25,26)27;1-4-9-18(3)11-15(20)16(17(21)22-18)14(5-2)12-7-6-8-13(19)10-12/h2*6-10,12,14,18,29-30H,4-5,11,13H2,1-3H3;6-8,10,14,20H,4-5,9,11,19H2,1-3H3/t18-,23?,35?;;14-,18?/m0.0/s1. The van der Waals surface area contributed by atoms with Gasteiger partial charge in [0, 0.05) is 78.6 Å². The molecule has 0 radical (unpaired) electrons. The molecule has 26 heteroatoms. The fourth-order valence-corrected chi connectivity index (χ4v) is 12.7. The molecule has 0 saturated heterocycles. The van der Waals surface area contributed by atoms with Gasteiger partial charge >= 0.3 is 52.8 Å². The van der Waals surface area contributed by atoms with E-state index in [9.17, 15) is 64.5 Å². The van der Waals surface area contributed by atoms with E-state index in [4.69, 9.17) is 28.3 Å². The number of nitrogens with one attached hydrogen (secondary N) is 2. The number of cyclic esters (lactones) is 3. The van der Waals surface area contributed by atoms with Gasteiger partial charge in [-0.3, -0.25) is 9.44 Å². The molecule has 18 nitrogen and oxygen atoms in total. The van der Waals surface area contributed by atoms with E-state index in [1.165, 1.54) is 0 Å². The zero-order chi connectivity index (χ0) is 67.9. The molecule has 3 aliphatic rings. The fourth-order valence-electron chi connectivity index (χ4n) is 11.5. The van der Waals surface area contributed by atoms with Crippen LogP contribution in [0.2, 0.25) is 0 Å². The molecule has 5 heterocycles. The molecule has 8 rings (SSSR count). The minimum atomic E-state index is -4.54. The van der Waals surface area contributed by atoms with Crippen LogP contribution in [0.5, 0.6) is 11.8 Å². The molecule has 0 saturated carbocycles. The van der Waals surface area contributed by atoms with Crippen molar-refractivity contribution in [2.24, 2.45) is 0 Å². The summed E-state index contributed by atoms with van der Waals surface area (Å²) in [4.78, 5) is 45.2. The Kier molecular flexibility index (Phi) is 24.9. The second-order valence-corrected chi connectivity index (χ2v) is 25.0. The molecule has 500 valence electrons. The van der Waals surface area contributed by atoms with E-state index < -0.39 is 92.6 Å². The first-order valence-electron chi connectivity index (χ1n) is 30.1. The summed E-state index contributed by atoms with van der Waals surface area (Å²) in [6.07, 6.45) is -0.855. The third-order valence-electron chi connectivity index (χ3n) is 15.6. The predicted molar refractivity (Wildman–Crippen MR) is 337 cm³/mol. The number of esters is 3. The lowest BCUT2D eigenvalue weighted by Crippen LogP contribution is -2.38. The number of anilines is 3. The Morgan fingerprint density at radius 1 is 0.522 bits per heavy atom. The molecule has 8 atom stereocenters. The van der Waals surface area contributed by atoms with Crippen LogP contribution < -0.4 is 23.5 Å². The maximum absolute atomic E-state index is 12.8. The zero-order valence-electron chi connectivity index (χ0n) is 52.6. The van der Waals surface area contributed by atoms with E-state index in [2.05, 4.69) is 19.4 Å². The van der Waals surface area contributed by atoms with Crippen molar-refractivity contribution in [1.82, 2.24) is 9.97 Å². The minimum absolute atomic E-state index is 0.00250. The molecule has 0 spiro atoms. The molecule has 0 fully saturated rings. The van der Waals surface area contributed by atoms with E-state index in [0.29, 0.717) is 84.7 Å². The van der Waals surface area contributed by atoms with Gasteiger partial charge in [0.1, 0.15) is 34.1 Å². The summed E-state index contributed by atoms with van der Waals surface area (Å²) in [7, 11) is 0. The Morgan fingerprint density at radius 3 is 1.10 bits per heavy atom. The SMILES string of the molecule is CCCC1(C)CC(O)=C(C(CC)c2cccc(NS(=O)Oc3ccc(C(F)(F)F)cn3)c2)C(=O)O1.CCCC1(C)CC(O)=C([C@@H](CC)c2cccc(N)c2)C(=O)O1.CCCC1(C)CC(O)=C([C@@H](CC)c2cccc(NS(=O)Oc3ccc(C(F)(F)F)cn3)c2)C(=O)O1. The summed E-state index contributed by atoms with van der Waals surface area (Å²) < 4.78 is 133. The number of carbonyl (C=O) groups excluding carboxylic acids is 3. The highest BCUT2D eigenvalue weighted by atomic mass is 32.2. The number of aliphatic hydroxyl groups is 3. The number of nitrogens with zero attached hydrogens (tertiary/aromatic N) is 2. The lowest BCUT2D eigenvalue weighted by molar-refractivity contribution is -0.159. The van der Waals surface area contributed by atoms with Crippen LogP contribution in [0.25, 0.3) is 0 Å². The molecule has 6 unspecified atom stereocenters. The van der Waals surface area contributed by atoms with Gasteiger partial charge in [-0.15, -0.1) is 0 Å². The van der Waals surface area contributed by atoms with Crippen molar-refractivity contribution in [3.05, 3.63) is 171 Å². The maximum Gasteiger partial charge on any atom is 0.417 e. The topological polar surface area (TPSA) is 268 Å². The number of halogens is 6. The lowest BCUT2D eigenvalue weighted by Gasteiger charge is -2.35. The number of ether oxygens (including phenoxy) is 3. The Balaban J connectivity index is 0.000000225. The minimum Gasteiger partial charge on any atom is -0.512 e. The average molecular weight is 1330 g/mol. The number of hydrogen-bond donors (Lipinski definition) is 6. The van der Waals surface area contributed by atoms with Crippen LogP contribution in [-0.4, -0.2) is 68.4 Å². The number of carbonyl (C=O) groups is 3. The van der Waals surface area contributed by atoms with E-state index in [-0.39, 0.29) is 58.9 Å². The van der Waals surface area contributed by atoms with Crippen molar-refractivity contribution in [3.63, 3.8) is 0 Å². The van der Waals surface area contributed by atoms with Crippen molar-refractivity contribution in [2.75, 3.05) is 15.2 Å². The van der Waals surface area contributed by atoms with Crippen LogP contribution in [0.1, 0.15) is 185 Å². The molecule has 7 N–H and O–H groups in total. The summed E-state index contributed by atoms with van der Waals surface area (Å²) >= 11 is -4.30. The summed E-state index contributed by atoms with van der Waals surface area (Å²) in [5.41, 5.74) is 6.32. The number of rotatable bonds is 23. The van der Waals surface area contributed by atoms with Gasteiger partial charge < -0.3 is 43.6 Å². The van der Waals surface area contributed by atoms with Gasteiger partial charge in [0.25, 0.3) is 0 Å². The van der Waals surface area contributed by atoms with Crippen molar-refractivity contribution >= 4 is 57.5 Å². The van der Waals surface area contributed by atoms with Crippen molar-refractivity contribution in [3.8, 4) is 11.8 Å². The number of nitrogen functional groups attached to an aromatic ring is 1. The highest BCUT2D eigenvalue weighted by Gasteiger charge is 2.43. The first-order valence-corrected chi connectivity index (χ1v) is 32.3. The Morgan fingerprint density at radius 2 is 0.837 bits per heavy atom. The normalized spacial score (nSPS) is 21.0. The molecule has 5 aromatic rings. The Hall–Kier alpha value is -8.13. The van der Waals surface area contributed by atoms with E-state index in [1.807, 2.05) is 72.7 Å². The Bertz CT molecular complexity index is 3370. The summed E-state index contributed by atoms with van der Waals surface area (Å²) in [6.45, 7) is 17.2. The number of nitrogens with two attached hydrogens (primary N) is 1. The van der Waals surface area contributed by atoms with Gasteiger partial charge in [0.2, 0.25) is 11.8 Å². The van der Waals surface area contributed by atoms with E-state index in [0.717, 1.165) is 55.5 Å². The molecule has 0 aliphatic carbocycles. The van der Waals surface area contributed by atoms with Gasteiger partial charge in [0.05, 0.1) is 27.8 Å². The first kappa shape index (κ1) is 72.9. The molecular weight excluding hydrogens is 1250 g/mol. The smallest absolute Gasteiger partial charge is 0.417 e. The van der Waals surface area contributed by atoms with Crippen molar-refractivity contribution in [2.45, 2.75) is 186 Å². The number of pyridine rings is 2. The van der Waals surface area contributed by atoms with Crippen LogP contribution in [0.15, 0.2) is 143 Å². The number of hydrogen-bond acceptors (Lipinski definition) is 16. The number of aromatic nitrogens is 2. The zero-order valence-corrected chi connectivity index (χ0v) is 54.2.